The molecule has 25 heavy (non-hydrogen) atoms. The summed E-state index contributed by atoms with van der Waals surface area (Å²) in [6.45, 7) is 2.58. The number of hydrogen-bond acceptors (Lipinski definition) is 4. The van der Waals surface area contributed by atoms with Gasteiger partial charge in [0.2, 0.25) is 5.91 Å². The van der Waals surface area contributed by atoms with Crippen molar-refractivity contribution >= 4 is 34.6 Å². The van der Waals surface area contributed by atoms with Crippen LogP contribution in [0.25, 0.3) is 11.1 Å². The Kier molecular flexibility index (Phi) is 4.84. The van der Waals surface area contributed by atoms with E-state index in [1.165, 1.54) is 19.3 Å². The summed E-state index contributed by atoms with van der Waals surface area (Å²) in [5.41, 5.74) is 1.53. The molecule has 0 spiro atoms. The van der Waals surface area contributed by atoms with E-state index in [2.05, 4.69) is 15.2 Å². The topological polar surface area (TPSA) is 58.4 Å². The highest BCUT2D eigenvalue weighted by Gasteiger charge is 2.26. The first-order valence-electron chi connectivity index (χ1n) is 9.25. The Balaban J connectivity index is 1.35. The molecule has 1 aromatic carbocycles. The molecule has 1 N–H and O–H groups in total. The molecule has 2 heterocycles. The monoisotopic (exact) mass is 361 g/mol. The van der Waals surface area contributed by atoms with Crippen LogP contribution in [-0.4, -0.2) is 30.5 Å². The van der Waals surface area contributed by atoms with Crippen molar-refractivity contribution in [2.45, 2.75) is 38.5 Å². The van der Waals surface area contributed by atoms with Gasteiger partial charge in [0, 0.05) is 37.1 Å². The standard InChI is InChI=1S/C19H24ClN3O2/c20-15-6-7-16-17(10-15)25-19(22-16)23-8-2-5-14(12-23)9-18(24)21-11-13-3-1-4-13/h6-7,10,13-14H,1-5,8-9,11-12H2,(H,21,24). The number of halogens is 1. The number of nitrogens with zero attached hydrogens (tertiary/aromatic N) is 2. The van der Waals surface area contributed by atoms with Crippen LogP contribution < -0.4 is 10.2 Å². The summed E-state index contributed by atoms with van der Waals surface area (Å²) in [4.78, 5) is 18.9. The molecule has 1 unspecified atom stereocenters. The minimum absolute atomic E-state index is 0.183. The molecule has 1 aliphatic heterocycles. The van der Waals surface area contributed by atoms with E-state index in [0.717, 1.165) is 38.0 Å². The second kappa shape index (κ2) is 7.24. The number of oxazole rings is 1. The molecule has 1 atom stereocenters. The average molecular weight is 362 g/mol. The molecule has 1 saturated heterocycles. The number of piperidine rings is 1. The third-order valence-corrected chi connectivity index (χ3v) is 5.65. The number of carbonyl (C=O) groups is 1. The number of nitrogens with one attached hydrogen (secondary N) is 1. The highest BCUT2D eigenvalue weighted by atomic mass is 35.5. The van der Waals surface area contributed by atoms with Gasteiger partial charge in [0.05, 0.1) is 0 Å². The first kappa shape index (κ1) is 16.7. The van der Waals surface area contributed by atoms with Gasteiger partial charge in [-0.1, -0.05) is 18.0 Å². The van der Waals surface area contributed by atoms with Crippen LogP contribution in [0.4, 0.5) is 6.01 Å². The van der Waals surface area contributed by atoms with Crippen LogP contribution in [-0.2, 0) is 4.79 Å². The first-order chi connectivity index (χ1) is 12.2. The number of amides is 1. The average Bonchev–Trinajstić information content (AvgIpc) is 2.97. The molecule has 0 bridgehead atoms. The number of aromatic nitrogens is 1. The molecule has 2 aromatic rings. The van der Waals surface area contributed by atoms with E-state index in [1.54, 1.807) is 6.07 Å². The number of hydrogen-bond donors (Lipinski definition) is 1. The van der Waals surface area contributed by atoms with Crippen LogP contribution in [0.2, 0.25) is 5.02 Å². The van der Waals surface area contributed by atoms with Crippen molar-refractivity contribution in [3.05, 3.63) is 23.2 Å². The summed E-state index contributed by atoms with van der Waals surface area (Å²) in [5.74, 6) is 1.25. The molecule has 1 saturated carbocycles. The second-order valence-electron chi connectivity index (χ2n) is 7.37. The highest BCUT2D eigenvalue weighted by Crippen LogP contribution is 2.29. The Bertz CT molecular complexity index is 756. The number of fused-ring (bicyclic) bond motifs is 1. The van der Waals surface area contributed by atoms with Crippen LogP contribution in [0.1, 0.15) is 38.5 Å². The van der Waals surface area contributed by atoms with E-state index < -0.39 is 0 Å². The molecule has 1 aliphatic carbocycles. The van der Waals surface area contributed by atoms with Gasteiger partial charge in [-0.3, -0.25) is 4.79 Å². The number of carbonyl (C=O) groups excluding carboxylic acids is 1. The van der Waals surface area contributed by atoms with E-state index in [4.69, 9.17) is 16.0 Å². The lowest BCUT2D eigenvalue weighted by Crippen LogP contribution is -2.39. The Morgan fingerprint density at radius 1 is 1.28 bits per heavy atom. The molecule has 5 nitrogen and oxygen atoms in total. The smallest absolute Gasteiger partial charge is 0.298 e. The fourth-order valence-electron chi connectivity index (χ4n) is 3.72. The van der Waals surface area contributed by atoms with E-state index in [0.29, 0.717) is 34.9 Å². The predicted molar refractivity (Wildman–Crippen MR) is 98.9 cm³/mol. The highest BCUT2D eigenvalue weighted by molar-refractivity contribution is 6.31. The number of rotatable bonds is 5. The lowest BCUT2D eigenvalue weighted by atomic mass is 9.85. The summed E-state index contributed by atoms with van der Waals surface area (Å²) in [7, 11) is 0. The maximum Gasteiger partial charge on any atom is 0.298 e. The molecule has 2 fully saturated rings. The summed E-state index contributed by atoms with van der Waals surface area (Å²) in [6.07, 6.45) is 6.57. The molecular formula is C19H24ClN3O2. The molecule has 1 amide bonds. The van der Waals surface area contributed by atoms with Crippen LogP contribution >= 0.6 is 11.6 Å². The van der Waals surface area contributed by atoms with Crippen molar-refractivity contribution in [3.63, 3.8) is 0 Å². The fourth-order valence-corrected chi connectivity index (χ4v) is 3.88. The Morgan fingerprint density at radius 3 is 2.92 bits per heavy atom. The van der Waals surface area contributed by atoms with Gasteiger partial charge in [-0.15, -0.1) is 0 Å². The van der Waals surface area contributed by atoms with E-state index in [9.17, 15) is 4.79 Å². The van der Waals surface area contributed by atoms with Crippen molar-refractivity contribution in [1.29, 1.82) is 0 Å². The lowest BCUT2D eigenvalue weighted by Gasteiger charge is -2.31. The van der Waals surface area contributed by atoms with Gasteiger partial charge in [0.15, 0.2) is 5.58 Å². The van der Waals surface area contributed by atoms with E-state index in [-0.39, 0.29) is 5.91 Å². The molecular weight excluding hydrogens is 338 g/mol. The van der Waals surface area contributed by atoms with Gasteiger partial charge < -0.3 is 14.6 Å². The normalized spacial score (nSPS) is 21.3. The minimum Gasteiger partial charge on any atom is -0.423 e. The third kappa shape index (κ3) is 3.92. The third-order valence-electron chi connectivity index (χ3n) is 5.42. The molecule has 0 radical (unpaired) electrons. The van der Waals surface area contributed by atoms with Gasteiger partial charge in [-0.05, 0) is 49.7 Å². The zero-order chi connectivity index (χ0) is 17.2. The van der Waals surface area contributed by atoms with Gasteiger partial charge in [-0.2, -0.15) is 4.98 Å². The fraction of sp³-hybridized carbons (Fsp3) is 0.579. The largest absolute Gasteiger partial charge is 0.423 e. The molecule has 1 aromatic heterocycles. The van der Waals surface area contributed by atoms with Crippen molar-refractivity contribution in [1.82, 2.24) is 10.3 Å². The summed E-state index contributed by atoms with van der Waals surface area (Å²) in [5, 5.41) is 3.75. The van der Waals surface area contributed by atoms with Crippen molar-refractivity contribution in [2.75, 3.05) is 24.5 Å². The van der Waals surface area contributed by atoms with E-state index in [1.807, 2.05) is 12.1 Å². The van der Waals surface area contributed by atoms with Crippen LogP contribution in [0.3, 0.4) is 0 Å². The van der Waals surface area contributed by atoms with Crippen LogP contribution in [0.5, 0.6) is 0 Å². The van der Waals surface area contributed by atoms with E-state index >= 15 is 0 Å². The maximum absolute atomic E-state index is 12.2. The first-order valence-corrected chi connectivity index (χ1v) is 9.63. The van der Waals surface area contributed by atoms with Crippen LogP contribution in [0.15, 0.2) is 22.6 Å². The van der Waals surface area contributed by atoms with Crippen LogP contribution in [0, 0.1) is 11.8 Å². The van der Waals surface area contributed by atoms with Gasteiger partial charge in [0.25, 0.3) is 6.01 Å². The summed E-state index contributed by atoms with van der Waals surface area (Å²) >= 11 is 6.01. The Hall–Kier alpha value is -1.75. The molecule has 2 aliphatic rings. The zero-order valence-corrected chi connectivity index (χ0v) is 15.1. The quantitative estimate of drug-likeness (QED) is 0.874. The van der Waals surface area contributed by atoms with Crippen molar-refractivity contribution < 1.29 is 9.21 Å². The number of benzene rings is 1. The second-order valence-corrected chi connectivity index (χ2v) is 7.80. The minimum atomic E-state index is 0.183. The molecule has 4 rings (SSSR count). The van der Waals surface area contributed by atoms with Crippen molar-refractivity contribution in [2.24, 2.45) is 11.8 Å². The zero-order valence-electron chi connectivity index (χ0n) is 14.3. The molecule has 134 valence electrons. The maximum atomic E-state index is 12.2. The molecule has 6 heteroatoms. The SMILES string of the molecule is O=C(CC1CCCN(c2nc3ccc(Cl)cc3o2)C1)NCC1CCC1. The predicted octanol–water partition coefficient (Wildman–Crippen LogP) is 4.00. The van der Waals surface area contributed by atoms with Gasteiger partial charge in [0.1, 0.15) is 5.52 Å². The lowest BCUT2D eigenvalue weighted by molar-refractivity contribution is -0.122. The Morgan fingerprint density at radius 2 is 2.12 bits per heavy atom. The van der Waals surface area contributed by atoms with Gasteiger partial charge in [-0.25, -0.2) is 0 Å². The number of anilines is 1. The van der Waals surface area contributed by atoms with Gasteiger partial charge >= 0.3 is 0 Å². The summed E-state index contributed by atoms with van der Waals surface area (Å²) in [6, 6.07) is 6.13. The summed E-state index contributed by atoms with van der Waals surface area (Å²) < 4.78 is 5.87. The Labute approximate surface area is 152 Å². The van der Waals surface area contributed by atoms with Crippen molar-refractivity contribution in [3.8, 4) is 0 Å².